The zero-order valence-electron chi connectivity index (χ0n) is 27.4. The minimum absolute atomic E-state index is 0.866. The van der Waals surface area contributed by atoms with Crippen molar-refractivity contribution in [2.45, 2.75) is 0 Å². The van der Waals surface area contributed by atoms with Crippen molar-refractivity contribution in [3.05, 3.63) is 200 Å². The van der Waals surface area contributed by atoms with E-state index in [2.05, 4.69) is 193 Å². The van der Waals surface area contributed by atoms with Crippen LogP contribution in [0.2, 0.25) is 0 Å². The second kappa shape index (κ2) is 12.8. The van der Waals surface area contributed by atoms with Crippen LogP contribution in [0.5, 0.6) is 0 Å². The Morgan fingerprint density at radius 1 is 0.320 bits per heavy atom. The number of anilines is 3. The summed E-state index contributed by atoms with van der Waals surface area (Å²) in [6.45, 7) is 0. The highest BCUT2D eigenvalue weighted by atomic mass is 16.3. The molecule has 0 atom stereocenters. The number of benzene rings is 8. The lowest BCUT2D eigenvalue weighted by Gasteiger charge is -2.29. The van der Waals surface area contributed by atoms with Crippen LogP contribution < -0.4 is 4.90 Å². The summed E-state index contributed by atoms with van der Waals surface area (Å²) >= 11 is 0. The molecule has 0 aliphatic heterocycles. The third-order valence-electron chi connectivity index (χ3n) is 9.48. The molecule has 0 spiro atoms. The highest BCUT2D eigenvalue weighted by Gasteiger charge is 2.22. The van der Waals surface area contributed by atoms with Crippen molar-refractivity contribution in [1.29, 1.82) is 0 Å². The van der Waals surface area contributed by atoms with Crippen molar-refractivity contribution < 1.29 is 4.42 Å². The van der Waals surface area contributed by atoms with Gasteiger partial charge in [-0.25, -0.2) is 0 Å². The van der Waals surface area contributed by atoms with Gasteiger partial charge in [-0.15, -0.1) is 0 Å². The summed E-state index contributed by atoms with van der Waals surface area (Å²) in [6, 6.07) is 71.1. The van der Waals surface area contributed by atoms with Gasteiger partial charge in [-0.3, -0.25) is 0 Å². The van der Waals surface area contributed by atoms with E-state index in [1.807, 2.05) is 12.1 Å². The van der Waals surface area contributed by atoms with Crippen molar-refractivity contribution in [2.24, 2.45) is 0 Å². The van der Waals surface area contributed by atoms with Crippen LogP contribution >= 0.6 is 0 Å². The molecule has 9 aromatic rings. The van der Waals surface area contributed by atoms with Gasteiger partial charge in [-0.2, -0.15) is 0 Å². The molecule has 50 heavy (non-hydrogen) atoms. The molecule has 0 amide bonds. The SMILES string of the molecule is c1ccc(-c2ccc(N(c3ccc(-c4cccc(-c5ccccc5)c4)cc3-c3ccccc3)c3cccc4oc5ccccc5c34)cc2)cc1. The monoisotopic (exact) mass is 639 g/mol. The Balaban J connectivity index is 1.27. The largest absolute Gasteiger partial charge is 0.456 e. The molecule has 0 radical (unpaired) electrons. The van der Waals surface area contributed by atoms with Crippen LogP contribution in [0.25, 0.3) is 66.4 Å². The molecule has 236 valence electrons. The van der Waals surface area contributed by atoms with Crippen LogP contribution in [-0.2, 0) is 0 Å². The Bertz CT molecular complexity index is 2570. The second-order valence-corrected chi connectivity index (χ2v) is 12.5. The molecule has 8 aromatic carbocycles. The molecule has 0 saturated carbocycles. The molecule has 0 saturated heterocycles. The first-order valence-corrected chi connectivity index (χ1v) is 17.0. The average molecular weight is 640 g/mol. The van der Waals surface area contributed by atoms with Crippen molar-refractivity contribution in [3.63, 3.8) is 0 Å². The van der Waals surface area contributed by atoms with Crippen LogP contribution in [-0.4, -0.2) is 0 Å². The molecule has 1 aromatic heterocycles. The molecule has 0 aliphatic rings. The number of furan rings is 1. The molecular formula is C48H33NO. The summed E-state index contributed by atoms with van der Waals surface area (Å²) in [6.07, 6.45) is 0. The summed E-state index contributed by atoms with van der Waals surface area (Å²) in [5.41, 5.74) is 14.4. The Kier molecular flexibility index (Phi) is 7.53. The van der Waals surface area contributed by atoms with Gasteiger partial charge in [0, 0.05) is 16.6 Å². The minimum atomic E-state index is 0.866. The molecule has 1 heterocycles. The Labute approximate surface area is 292 Å². The quantitative estimate of drug-likeness (QED) is 0.173. The van der Waals surface area contributed by atoms with Gasteiger partial charge in [0.05, 0.1) is 16.8 Å². The molecule has 0 unspecified atom stereocenters. The van der Waals surface area contributed by atoms with Crippen LogP contribution in [0.15, 0.2) is 205 Å². The van der Waals surface area contributed by atoms with Gasteiger partial charge in [0.25, 0.3) is 0 Å². The zero-order valence-corrected chi connectivity index (χ0v) is 27.4. The summed E-state index contributed by atoms with van der Waals surface area (Å²) in [5.74, 6) is 0. The zero-order chi connectivity index (χ0) is 33.3. The Morgan fingerprint density at radius 2 is 0.820 bits per heavy atom. The summed E-state index contributed by atoms with van der Waals surface area (Å²) < 4.78 is 6.40. The van der Waals surface area contributed by atoms with E-state index in [0.717, 1.165) is 55.7 Å². The predicted molar refractivity (Wildman–Crippen MR) is 210 cm³/mol. The average Bonchev–Trinajstić information content (AvgIpc) is 3.59. The van der Waals surface area contributed by atoms with E-state index in [1.54, 1.807) is 0 Å². The van der Waals surface area contributed by atoms with Gasteiger partial charge >= 0.3 is 0 Å². The lowest BCUT2D eigenvalue weighted by Crippen LogP contribution is -2.11. The van der Waals surface area contributed by atoms with Gasteiger partial charge in [0.15, 0.2) is 0 Å². The molecule has 2 nitrogen and oxygen atoms in total. The van der Waals surface area contributed by atoms with Gasteiger partial charge < -0.3 is 9.32 Å². The first-order valence-electron chi connectivity index (χ1n) is 17.0. The van der Waals surface area contributed by atoms with Gasteiger partial charge in [-0.1, -0.05) is 152 Å². The summed E-state index contributed by atoms with van der Waals surface area (Å²) in [5, 5.41) is 2.19. The van der Waals surface area contributed by atoms with E-state index in [0.29, 0.717) is 0 Å². The number of para-hydroxylation sites is 1. The van der Waals surface area contributed by atoms with E-state index in [4.69, 9.17) is 4.42 Å². The van der Waals surface area contributed by atoms with Crippen molar-refractivity contribution >= 4 is 39.0 Å². The van der Waals surface area contributed by atoms with E-state index in [-0.39, 0.29) is 0 Å². The first kappa shape index (κ1) is 29.5. The standard InChI is InChI=1S/C48H33NO/c1-4-14-34(15-5-1)36-26-29-41(30-27-36)49(45-23-13-25-47-48(45)42-22-10-11-24-46(42)50-47)44-31-28-40(33-43(44)37-18-8-3-9-19-37)39-21-12-20-38(32-39)35-16-6-2-7-17-35/h1-33H. The maximum atomic E-state index is 6.40. The molecule has 0 aliphatic carbocycles. The van der Waals surface area contributed by atoms with E-state index in [1.165, 1.54) is 27.8 Å². The number of rotatable bonds is 7. The van der Waals surface area contributed by atoms with Crippen molar-refractivity contribution in [1.82, 2.24) is 0 Å². The fourth-order valence-electron chi connectivity index (χ4n) is 7.05. The van der Waals surface area contributed by atoms with Crippen molar-refractivity contribution in [2.75, 3.05) is 4.90 Å². The topological polar surface area (TPSA) is 16.4 Å². The summed E-state index contributed by atoms with van der Waals surface area (Å²) in [4.78, 5) is 2.39. The molecular weight excluding hydrogens is 607 g/mol. The van der Waals surface area contributed by atoms with Crippen LogP contribution in [0.1, 0.15) is 0 Å². The molecule has 2 heteroatoms. The third kappa shape index (κ3) is 5.43. The van der Waals surface area contributed by atoms with E-state index < -0.39 is 0 Å². The van der Waals surface area contributed by atoms with Crippen LogP contribution in [0.4, 0.5) is 17.1 Å². The molecule has 0 bridgehead atoms. The predicted octanol–water partition coefficient (Wildman–Crippen LogP) is 13.7. The maximum Gasteiger partial charge on any atom is 0.137 e. The number of nitrogens with zero attached hydrogens (tertiary/aromatic N) is 1. The maximum absolute atomic E-state index is 6.40. The lowest BCUT2D eigenvalue weighted by atomic mass is 9.94. The van der Waals surface area contributed by atoms with Crippen LogP contribution in [0, 0.1) is 0 Å². The second-order valence-electron chi connectivity index (χ2n) is 12.5. The van der Waals surface area contributed by atoms with Crippen LogP contribution in [0.3, 0.4) is 0 Å². The number of hydrogen-bond donors (Lipinski definition) is 0. The smallest absolute Gasteiger partial charge is 0.137 e. The van der Waals surface area contributed by atoms with Gasteiger partial charge in [0.2, 0.25) is 0 Å². The Hall–Kier alpha value is -6.64. The molecule has 0 N–H and O–H groups in total. The van der Waals surface area contributed by atoms with E-state index >= 15 is 0 Å². The normalized spacial score (nSPS) is 11.2. The number of fused-ring (bicyclic) bond motifs is 3. The highest BCUT2D eigenvalue weighted by molar-refractivity contribution is 6.14. The fraction of sp³-hybridized carbons (Fsp3) is 0. The van der Waals surface area contributed by atoms with E-state index in [9.17, 15) is 0 Å². The van der Waals surface area contributed by atoms with Crippen molar-refractivity contribution in [3.8, 4) is 44.5 Å². The molecule has 9 rings (SSSR count). The highest BCUT2D eigenvalue weighted by Crippen LogP contribution is 2.47. The van der Waals surface area contributed by atoms with Gasteiger partial charge in [0.1, 0.15) is 11.2 Å². The Morgan fingerprint density at radius 3 is 1.54 bits per heavy atom. The number of hydrogen-bond acceptors (Lipinski definition) is 2. The van der Waals surface area contributed by atoms with Gasteiger partial charge in [-0.05, 0) is 87.5 Å². The minimum Gasteiger partial charge on any atom is -0.456 e. The summed E-state index contributed by atoms with van der Waals surface area (Å²) in [7, 11) is 0. The lowest BCUT2D eigenvalue weighted by molar-refractivity contribution is 0.669. The first-order chi connectivity index (χ1) is 24.8. The molecule has 0 fully saturated rings. The third-order valence-corrected chi connectivity index (χ3v) is 9.48. The fourth-order valence-corrected chi connectivity index (χ4v) is 7.05.